The number of pyridine rings is 1. The molecule has 3 aromatic heterocycles. The van der Waals surface area contributed by atoms with E-state index in [1.54, 1.807) is 53.7 Å². The summed E-state index contributed by atoms with van der Waals surface area (Å²) in [6.07, 6.45) is 9.63. The van der Waals surface area contributed by atoms with E-state index in [4.69, 9.17) is 0 Å². The zero-order valence-electron chi connectivity index (χ0n) is 15.0. The molecule has 0 atom stereocenters. The largest absolute Gasteiger partial charge is 0.348 e. The number of nitro benzene ring substituents is 1. The van der Waals surface area contributed by atoms with Crippen LogP contribution in [-0.2, 0) is 6.54 Å². The first-order chi connectivity index (χ1) is 14.1. The lowest BCUT2D eigenvalue weighted by Crippen LogP contribution is -2.23. The van der Waals surface area contributed by atoms with Crippen molar-refractivity contribution < 1.29 is 9.72 Å². The molecule has 0 fully saturated rings. The van der Waals surface area contributed by atoms with E-state index < -0.39 is 10.8 Å². The van der Waals surface area contributed by atoms with Gasteiger partial charge in [-0.3, -0.25) is 14.9 Å². The number of hydrogen-bond donors (Lipinski definition) is 1. The third kappa shape index (κ3) is 3.86. The number of benzene rings is 1. The van der Waals surface area contributed by atoms with Gasteiger partial charge in [-0.15, -0.1) is 0 Å². The highest BCUT2D eigenvalue weighted by Crippen LogP contribution is 2.24. The van der Waals surface area contributed by atoms with E-state index >= 15 is 0 Å². The molecule has 0 unspecified atom stereocenters. The maximum absolute atomic E-state index is 12.5. The summed E-state index contributed by atoms with van der Waals surface area (Å²) in [6.45, 7) is 0.243. The zero-order valence-corrected chi connectivity index (χ0v) is 15.0. The molecule has 1 amide bonds. The molecule has 0 aliphatic rings. The number of aromatic nitrogens is 5. The van der Waals surface area contributed by atoms with Crippen molar-refractivity contribution in [2.45, 2.75) is 6.54 Å². The highest BCUT2D eigenvalue weighted by molar-refractivity contribution is 5.95. The molecule has 10 heteroatoms. The van der Waals surface area contributed by atoms with Crippen molar-refractivity contribution >= 4 is 11.6 Å². The van der Waals surface area contributed by atoms with Gasteiger partial charge in [0.05, 0.1) is 11.3 Å². The Morgan fingerprint density at radius 1 is 1.14 bits per heavy atom. The molecular formula is C19H15N7O3. The molecule has 0 bridgehead atoms. The van der Waals surface area contributed by atoms with Crippen LogP contribution in [0.1, 0.15) is 15.9 Å². The molecule has 1 N–H and O–H groups in total. The van der Waals surface area contributed by atoms with Crippen LogP contribution in [-0.4, -0.2) is 35.1 Å². The summed E-state index contributed by atoms with van der Waals surface area (Å²) in [5.74, 6) is 0.213. The first kappa shape index (κ1) is 18.0. The van der Waals surface area contributed by atoms with Crippen LogP contribution >= 0.6 is 0 Å². The van der Waals surface area contributed by atoms with Gasteiger partial charge >= 0.3 is 0 Å². The first-order valence-electron chi connectivity index (χ1n) is 8.62. The number of carbonyl (C=O) groups excluding carboxylic acids is 1. The lowest BCUT2D eigenvalue weighted by Gasteiger charge is -2.09. The summed E-state index contributed by atoms with van der Waals surface area (Å²) < 4.78 is 3.14. The molecular weight excluding hydrogens is 374 g/mol. The fourth-order valence-electron chi connectivity index (χ4n) is 2.82. The average molecular weight is 389 g/mol. The lowest BCUT2D eigenvalue weighted by molar-refractivity contribution is -0.384. The fourth-order valence-corrected chi connectivity index (χ4v) is 2.82. The molecule has 144 valence electrons. The van der Waals surface area contributed by atoms with Crippen molar-refractivity contribution in [3.8, 4) is 11.5 Å². The molecule has 0 spiro atoms. The Balaban J connectivity index is 1.51. The Morgan fingerprint density at radius 2 is 2.03 bits per heavy atom. The van der Waals surface area contributed by atoms with Crippen molar-refractivity contribution in [2.24, 2.45) is 0 Å². The van der Waals surface area contributed by atoms with Crippen LogP contribution in [0.5, 0.6) is 0 Å². The molecule has 3 heterocycles. The number of carbonyl (C=O) groups is 1. The quantitative estimate of drug-likeness (QED) is 0.399. The van der Waals surface area contributed by atoms with Gasteiger partial charge in [0, 0.05) is 49.2 Å². The zero-order chi connectivity index (χ0) is 20.2. The third-order valence-corrected chi connectivity index (χ3v) is 4.22. The smallest absolute Gasteiger partial charge is 0.294 e. The van der Waals surface area contributed by atoms with Crippen LogP contribution < -0.4 is 5.32 Å². The van der Waals surface area contributed by atoms with Crippen LogP contribution in [0.4, 0.5) is 5.69 Å². The summed E-state index contributed by atoms with van der Waals surface area (Å²) in [5.41, 5.74) is 1.17. The Labute approximate surface area is 164 Å². The fraction of sp³-hybridized carbons (Fsp3) is 0.0526. The minimum Gasteiger partial charge on any atom is -0.348 e. The minimum absolute atomic E-state index is 0.180. The SMILES string of the molecule is O=C(NCc1ccnc(-n2cccn2)c1)c1ccc(-n2ccnc2)c([N+](=O)[O-])c1. The Bertz CT molecular complexity index is 1150. The number of hydrogen-bond acceptors (Lipinski definition) is 6. The van der Waals surface area contributed by atoms with E-state index in [0.717, 1.165) is 5.56 Å². The van der Waals surface area contributed by atoms with Gasteiger partial charge in [0.2, 0.25) is 0 Å². The van der Waals surface area contributed by atoms with Gasteiger partial charge in [0.25, 0.3) is 11.6 Å². The van der Waals surface area contributed by atoms with Crippen LogP contribution in [0.25, 0.3) is 11.5 Å². The minimum atomic E-state index is -0.522. The number of nitrogens with one attached hydrogen (secondary N) is 1. The number of nitrogens with zero attached hydrogens (tertiary/aromatic N) is 6. The first-order valence-corrected chi connectivity index (χ1v) is 8.62. The van der Waals surface area contributed by atoms with Gasteiger partial charge in [0.1, 0.15) is 5.69 Å². The van der Waals surface area contributed by atoms with Crippen LogP contribution in [0, 0.1) is 10.1 Å². The second-order valence-corrected chi connectivity index (χ2v) is 6.09. The van der Waals surface area contributed by atoms with Crippen LogP contribution in [0.15, 0.2) is 73.7 Å². The lowest BCUT2D eigenvalue weighted by atomic mass is 10.1. The van der Waals surface area contributed by atoms with Crippen molar-refractivity contribution in [1.29, 1.82) is 0 Å². The van der Waals surface area contributed by atoms with Gasteiger partial charge < -0.3 is 9.88 Å². The molecule has 10 nitrogen and oxygen atoms in total. The van der Waals surface area contributed by atoms with Gasteiger partial charge in [-0.05, 0) is 35.9 Å². The van der Waals surface area contributed by atoms with E-state index in [9.17, 15) is 14.9 Å². The molecule has 0 aliphatic carbocycles. The summed E-state index contributed by atoms with van der Waals surface area (Å²) in [6, 6.07) is 9.69. The number of amides is 1. The van der Waals surface area contributed by atoms with Crippen molar-refractivity contribution in [1.82, 2.24) is 29.6 Å². The maximum atomic E-state index is 12.5. The topological polar surface area (TPSA) is 121 Å². The molecule has 4 rings (SSSR count). The Morgan fingerprint density at radius 3 is 2.76 bits per heavy atom. The number of imidazole rings is 1. The highest BCUT2D eigenvalue weighted by Gasteiger charge is 2.18. The maximum Gasteiger partial charge on any atom is 0.294 e. The van der Waals surface area contributed by atoms with Crippen LogP contribution in [0.2, 0.25) is 0 Å². The molecule has 0 saturated heterocycles. The second-order valence-electron chi connectivity index (χ2n) is 6.09. The van der Waals surface area contributed by atoms with Crippen molar-refractivity contribution in [3.63, 3.8) is 0 Å². The predicted octanol–water partition coefficient (Wildman–Crippen LogP) is 2.29. The summed E-state index contributed by atoms with van der Waals surface area (Å²) in [5, 5.41) is 18.3. The van der Waals surface area contributed by atoms with E-state index in [1.165, 1.54) is 29.2 Å². The van der Waals surface area contributed by atoms with E-state index in [2.05, 4.69) is 20.4 Å². The summed E-state index contributed by atoms with van der Waals surface area (Å²) in [7, 11) is 0. The summed E-state index contributed by atoms with van der Waals surface area (Å²) in [4.78, 5) is 31.6. The van der Waals surface area contributed by atoms with Crippen LogP contribution in [0.3, 0.4) is 0 Å². The number of rotatable bonds is 6. The molecule has 4 aromatic rings. The highest BCUT2D eigenvalue weighted by atomic mass is 16.6. The second kappa shape index (κ2) is 7.72. The standard InChI is InChI=1S/C19H15N7O3/c27-19(22-12-14-4-6-21-18(10-14)25-8-1-5-23-25)15-2-3-16(17(11-15)26(28)29)24-9-7-20-13-24/h1-11,13H,12H2,(H,22,27). The van der Waals surface area contributed by atoms with Gasteiger partial charge in [-0.25, -0.2) is 14.6 Å². The molecule has 1 aromatic carbocycles. The van der Waals surface area contributed by atoms with Gasteiger partial charge in [-0.1, -0.05) is 0 Å². The molecule has 0 saturated carbocycles. The van der Waals surface area contributed by atoms with Gasteiger partial charge in [-0.2, -0.15) is 5.10 Å². The monoisotopic (exact) mass is 389 g/mol. The van der Waals surface area contributed by atoms with E-state index in [0.29, 0.717) is 11.5 Å². The van der Waals surface area contributed by atoms with Crippen molar-refractivity contribution in [3.05, 3.63) is 95.0 Å². The Kier molecular flexibility index (Phi) is 4.81. The van der Waals surface area contributed by atoms with E-state index in [1.807, 2.05) is 0 Å². The number of nitro groups is 1. The van der Waals surface area contributed by atoms with E-state index in [-0.39, 0.29) is 17.8 Å². The third-order valence-electron chi connectivity index (χ3n) is 4.22. The summed E-state index contributed by atoms with van der Waals surface area (Å²) >= 11 is 0. The molecule has 0 radical (unpaired) electrons. The normalized spacial score (nSPS) is 10.6. The van der Waals surface area contributed by atoms with Crippen molar-refractivity contribution in [2.75, 3.05) is 0 Å². The molecule has 0 aliphatic heterocycles. The van der Waals surface area contributed by atoms with Gasteiger partial charge in [0.15, 0.2) is 5.82 Å². The predicted molar refractivity (Wildman–Crippen MR) is 103 cm³/mol. The Hall–Kier alpha value is -4.34. The average Bonchev–Trinajstić information content (AvgIpc) is 3.46. The molecule has 29 heavy (non-hydrogen) atoms.